The number of hydrogen-bond donors (Lipinski definition) is 0. The van der Waals surface area contributed by atoms with Gasteiger partial charge in [-0.15, -0.1) is 15.5 Å². The highest BCUT2D eigenvalue weighted by Gasteiger charge is 2.62. The first kappa shape index (κ1) is 10.9. The van der Waals surface area contributed by atoms with E-state index in [0.29, 0.717) is 12.1 Å². The second-order valence-corrected chi connectivity index (χ2v) is 7.13. The predicted molar refractivity (Wildman–Crippen MR) is 47.6 cm³/mol. The molecule has 0 nitrogen and oxygen atoms in total. The van der Waals surface area contributed by atoms with Gasteiger partial charge in [0.1, 0.15) is 0 Å². The van der Waals surface area contributed by atoms with E-state index in [1.54, 1.807) is 0 Å². The summed E-state index contributed by atoms with van der Waals surface area (Å²) < 4.78 is 49.9. The van der Waals surface area contributed by atoms with Crippen molar-refractivity contribution < 1.29 is 15.5 Å². The lowest BCUT2D eigenvalue weighted by Crippen LogP contribution is -2.03. The van der Waals surface area contributed by atoms with Crippen LogP contribution in [0.1, 0.15) is 0 Å². The van der Waals surface area contributed by atoms with E-state index in [0.717, 1.165) is 12.1 Å². The zero-order valence-electron chi connectivity index (χ0n) is 5.99. The van der Waals surface area contributed by atoms with E-state index in [1.165, 1.54) is 0 Å². The molecule has 0 radical (unpaired) electrons. The van der Waals surface area contributed by atoms with Gasteiger partial charge in [0.2, 0.25) is 0 Å². The Morgan fingerprint density at radius 3 is 1.62 bits per heavy atom. The molecule has 1 aromatic rings. The fourth-order valence-electron chi connectivity index (χ4n) is 0.692. The summed E-state index contributed by atoms with van der Waals surface area (Å²) in [5.41, 5.74) is 0. The summed E-state index contributed by atoms with van der Waals surface area (Å²) >= 11 is 5.33. The Kier molecular flexibility index (Phi) is 1.91. The second kappa shape index (κ2) is 2.27. The van der Waals surface area contributed by atoms with Crippen LogP contribution in [-0.2, 0) is 0 Å². The van der Waals surface area contributed by atoms with E-state index in [2.05, 4.69) is 10.7 Å². The highest BCUT2D eigenvalue weighted by molar-refractivity contribution is 8.65. The van der Waals surface area contributed by atoms with Gasteiger partial charge in [-0.1, -0.05) is 11.6 Å². The summed E-state index contributed by atoms with van der Waals surface area (Å²) in [4.78, 5) is -1.49. The van der Waals surface area contributed by atoms with Crippen molar-refractivity contribution in [2.45, 2.75) is 4.90 Å². The van der Waals surface area contributed by atoms with Gasteiger partial charge >= 0.3 is 0 Å². The van der Waals surface area contributed by atoms with Crippen LogP contribution in [0.4, 0.5) is 15.5 Å². The molecule has 76 valence electrons. The standard InChI is InChI=1S/C6H4Cl2F4S/c7-5-1-3-6(4-2-5)13(8,9,10,11)12/h1-4H. The van der Waals surface area contributed by atoms with Gasteiger partial charge in [-0.3, -0.25) is 0 Å². The Morgan fingerprint density at radius 1 is 0.923 bits per heavy atom. The first-order chi connectivity index (χ1) is 5.49. The molecule has 1 aromatic carbocycles. The largest absolute Gasteiger partial charge is 0.253 e. The summed E-state index contributed by atoms with van der Waals surface area (Å²) in [5.74, 6) is 0. The third kappa shape index (κ3) is 2.93. The van der Waals surface area contributed by atoms with Crippen molar-refractivity contribution in [1.82, 2.24) is 0 Å². The van der Waals surface area contributed by atoms with Crippen molar-refractivity contribution in [3.8, 4) is 0 Å². The van der Waals surface area contributed by atoms with Crippen LogP contribution in [0.2, 0.25) is 5.02 Å². The van der Waals surface area contributed by atoms with Gasteiger partial charge in [-0.2, -0.15) is 0 Å². The van der Waals surface area contributed by atoms with Gasteiger partial charge in [-0.25, -0.2) is 0 Å². The molecule has 0 amide bonds. The molecule has 0 unspecified atom stereocenters. The van der Waals surface area contributed by atoms with E-state index < -0.39 is 13.9 Å². The van der Waals surface area contributed by atoms with Crippen molar-refractivity contribution in [1.29, 1.82) is 0 Å². The quantitative estimate of drug-likeness (QED) is 0.600. The van der Waals surface area contributed by atoms with Gasteiger partial charge in [0, 0.05) is 15.7 Å². The molecule has 0 N–H and O–H groups in total. The number of benzene rings is 1. The van der Waals surface area contributed by atoms with E-state index in [4.69, 9.17) is 11.6 Å². The maximum atomic E-state index is 12.5. The van der Waals surface area contributed by atoms with Gasteiger partial charge in [0.05, 0.1) is 4.90 Å². The van der Waals surface area contributed by atoms with Gasteiger partial charge in [0.25, 0.3) is 9.05 Å². The Morgan fingerprint density at radius 2 is 1.31 bits per heavy atom. The molecule has 1 rings (SSSR count). The maximum absolute atomic E-state index is 12.5. The van der Waals surface area contributed by atoms with Crippen LogP contribution in [-0.4, -0.2) is 0 Å². The highest BCUT2D eigenvalue weighted by Crippen LogP contribution is 3.04. The lowest BCUT2D eigenvalue weighted by atomic mass is 10.4. The van der Waals surface area contributed by atoms with Crippen molar-refractivity contribution in [3.63, 3.8) is 0 Å². The topological polar surface area (TPSA) is 0 Å². The minimum atomic E-state index is -8.54. The molecule has 0 atom stereocenters. The zero-order valence-corrected chi connectivity index (χ0v) is 8.31. The SMILES string of the molecule is FS(F)(F)(F)(Cl)c1ccc(Cl)cc1. The molecule has 0 saturated carbocycles. The molecule has 0 heterocycles. The highest BCUT2D eigenvalue weighted by atomic mass is 35.7. The smallest absolute Gasteiger partial charge is 0.107 e. The van der Waals surface area contributed by atoms with Crippen LogP contribution in [0.25, 0.3) is 0 Å². The zero-order chi connectivity index (χ0) is 10.4. The van der Waals surface area contributed by atoms with E-state index in [-0.39, 0.29) is 5.02 Å². The molecular weight excluding hydrogens is 251 g/mol. The molecule has 13 heavy (non-hydrogen) atoms. The fraction of sp³-hybridized carbons (Fsp3) is 0. The van der Waals surface area contributed by atoms with E-state index in [9.17, 15) is 15.5 Å². The average molecular weight is 255 g/mol. The third-order valence-corrected chi connectivity index (χ3v) is 3.21. The average Bonchev–Trinajstić information content (AvgIpc) is 1.82. The summed E-state index contributed by atoms with van der Waals surface area (Å²) in [5, 5.41) is 0.0854. The first-order valence-corrected chi connectivity index (χ1v) is 6.24. The Bertz CT molecular complexity index is 327. The summed E-state index contributed by atoms with van der Waals surface area (Å²) in [7, 11) is -4.51. The molecule has 0 aliphatic rings. The second-order valence-electron chi connectivity index (χ2n) is 2.42. The Labute approximate surface area is 81.4 Å². The van der Waals surface area contributed by atoms with Crippen LogP contribution in [0.15, 0.2) is 29.2 Å². The minimum Gasteiger partial charge on any atom is -0.107 e. The summed E-state index contributed by atoms with van der Waals surface area (Å²) in [6.07, 6.45) is 0. The fourth-order valence-corrected chi connectivity index (χ4v) is 1.78. The van der Waals surface area contributed by atoms with Crippen molar-refractivity contribution in [2.75, 3.05) is 0 Å². The van der Waals surface area contributed by atoms with Crippen molar-refractivity contribution >= 4 is 31.3 Å². The summed E-state index contributed by atoms with van der Waals surface area (Å²) in [6.45, 7) is 0. The monoisotopic (exact) mass is 254 g/mol. The Hall–Kier alpha value is -0.130. The maximum Gasteiger partial charge on any atom is 0.253 e. The van der Waals surface area contributed by atoms with Crippen LogP contribution in [0.5, 0.6) is 0 Å². The molecular formula is C6H4Cl2F4S. The molecule has 0 aliphatic heterocycles. The van der Waals surface area contributed by atoms with Gasteiger partial charge in [-0.05, 0) is 24.3 Å². The lowest BCUT2D eigenvalue weighted by molar-refractivity contribution is 0.480. The van der Waals surface area contributed by atoms with Crippen LogP contribution in [0.3, 0.4) is 0 Å². The first-order valence-electron chi connectivity index (χ1n) is 2.99. The van der Waals surface area contributed by atoms with Crippen LogP contribution < -0.4 is 0 Å². The van der Waals surface area contributed by atoms with E-state index >= 15 is 0 Å². The molecule has 0 bridgehead atoms. The summed E-state index contributed by atoms with van der Waals surface area (Å²) in [6, 6.07) is 2.88. The molecule has 0 spiro atoms. The number of rotatable bonds is 1. The molecule has 0 saturated heterocycles. The van der Waals surface area contributed by atoms with Crippen molar-refractivity contribution in [3.05, 3.63) is 29.3 Å². The third-order valence-electron chi connectivity index (χ3n) is 1.26. The lowest BCUT2D eigenvalue weighted by Gasteiger charge is -2.42. The Balaban J connectivity index is 3.34. The minimum absolute atomic E-state index is 0.0854. The predicted octanol–water partition coefficient (Wildman–Crippen LogP) is 5.27. The molecule has 0 aliphatic carbocycles. The number of hydrogen-bond acceptors (Lipinski definition) is 0. The van der Waals surface area contributed by atoms with Gasteiger partial charge < -0.3 is 0 Å². The van der Waals surface area contributed by atoms with Gasteiger partial charge in [0.15, 0.2) is 0 Å². The normalized spacial score (nSPS) is 17.7. The molecule has 0 aromatic heterocycles. The molecule has 7 heteroatoms. The van der Waals surface area contributed by atoms with Crippen LogP contribution in [0, 0.1) is 0 Å². The van der Waals surface area contributed by atoms with Crippen molar-refractivity contribution in [2.24, 2.45) is 0 Å². The number of halogens is 6. The van der Waals surface area contributed by atoms with Crippen LogP contribution >= 0.6 is 31.3 Å². The molecule has 0 fully saturated rings. The van der Waals surface area contributed by atoms with E-state index in [1.807, 2.05) is 0 Å².